The number of hydrogen-bond acceptors (Lipinski definition) is 14. The molecular formula is C64H73N5O14. The fraction of sp³-hybridized carbons (Fsp3) is 0.422. The number of carbonyl (C=O) groups excluding carboxylic acids is 7. The number of ketones is 1. The van der Waals surface area contributed by atoms with E-state index in [9.17, 15) is 38.7 Å². The minimum Gasteiger partial charge on any atom is -0.493 e. The van der Waals surface area contributed by atoms with Crippen molar-refractivity contribution in [1.82, 2.24) is 15.1 Å². The van der Waals surface area contributed by atoms with Gasteiger partial charge in [-0.2, -0.15) is 0 Å². The molecule has 19 nitrogen and oxygen atoms in total. The quantitative estimate of drug-likeness (QED) is 0.0325. The van der Waals surface area contributed by atoms with E-state index in [2.05, 4.69) is 18.5 Å². The summed E-state index contributed by atoms with van der Waals surface area (Å²) in [6.07, 6.45) is 4.92. The molecule has 9 rings (SSSR count). The number of hydrogen-bond donors (Lipinski definition) is 2. The summed E-state index contributed by atoms with van der Waals surface area (Å²) in [6, 6.07) is 19.5. The Bertz CT molecular complexity index is 3200. The zero-order valence-corrected chi connectivity index (χ0v) is 48.0. The maximum Gasteiger partial charge on any atom is 0.416 e. The summed E-state index contributed by atoms with van der Waals surface area (Å²) in [7, 11) is 1.47. The molecule has 1 aliphatic carbocycles. The number of rotatable bonds is 22. The lowest BCUT2D eigenvalue weighted by molar-refractivity contribution is -0.146. The van der Waals surface area contributed by atoms with Gasteiger partial charge in [0.15, 0.2) is 23.5 Å². The van der Waals surface area contributed by atoms with Gasteiger partial charge in [0.05, 0.1) is 79.8 Å². The molecule has 5 atom stereocenters. The van der Waals surface area contributed by atoms with Crippen LogP contribution in [0.3, 0.4) is 0 Å². The zero-order chi connectivity index (χ0) is 59.3. The van der Waals surface area contributed by atoms with Gasteiger partial charge in [0.25, 0.3) is 11.8 Å². The molecule has 1 saturated carbocycles. The molecule has 2 fully saturated rings. The lowest BCUT2D eigenvalue weighted by Crippen LogP contribution is -2.50. The third kappa shape index (κ3) is 13.1. The van der Waals surface area contributed by atoms with Gasteiger partial charge in [-0.25, -0.2) is 14.5 Å². The number of aliphatic hydroxyl groups excluding tert-OH is 1. The van der Waals surface area contributed by atoms with E-state index in [1.54, 1.807) is 72.2 Å². The molecule has 4 aromatic carbocycles. The van der Waals surface area contributed by atoms with Crippen LogP contribution in [0.4, 0.5) is 21.0 Å². The molecule has 5 aliphatic rings. The largest absolute Gasteiger partial charge is 0.493 e. The van der Waals surface area contributed by atoms with Gasteiger partial charge >= 0.3 is 18.2 Å². The van der Waals surface area contributed by atoms with Gasteiger partial charge in [0.1, 0.15) is 25.6 Å². The van der Waals surface area contributed by atoms with Crippen LogP contribution in [-0.2, 0) is 41.6 Å². The molecule has 0 radical (unpaired) electrons. The number of ether oxygens (including phenoxy) is 6. The molecule has 1 spiro atoms. The van der Waals surface area contributed by atoms with Crippen molar-refractivity contribution < 1.29 is 67.1 Å². The Kier molecular flexibility index (Phi) is 18.1. The van der Waals surface area contributed by atoms with Crippen LogP contribution >= 0.6 is 0 Å². The molecule has 438 valence electrons. The molecule has 83 heavy (non-hydrogen) atoms. The van der Waals surface area contributed by atoms with E-state index in [1.165, 1.54) is 24.2 Å². The molecule has 2 N–H and O–H groups in total. The van der Waals surface area contributed by atoms with Gasteiger partial charge in [0.2, 0.25) is 5.91 Å². The van der Waals surface area contributed by atoms with E-state index in [0.717, 1.165) is 34.4 Å². The number of carbonyl (C=O) groups is 7. The first kappa shape index (κ1) is 59.2. The fourth-order valence-electron chi connectivity index (χ4n) is 11.2. The Morgan fingerprint density at radius 1 is 0.795 bits per heavy atom. The molecule has 1 saturated heterocycles. The topological polar surface area (TPSA) is 220 Å². The van der Waals surface area contributed by atoms with Gasteiger partial charge < -0.3 is 48.6 Å². The van der Waals surface area contributed by atoms with Crippen LogP contribution in [0.25, 0.3) is 5.57 Å². The van der Waals surface area contributed by atoms with Gasteiger partial charge in [-0.05, 0) is 97.7 Å². The van der Waals surface area contributed by atoms with E-state index in [0.29, 0.717) is 53.9 Å². The maximum absolute atomic E-state index is 14.4. The van der Waals surface area contributed by atoms with Gasteiger partial charge in [-0.15, -0.1) is 0 Å². The number of benzene rings is 4. The Hall–Kier alpha value is -8.45. The first-order valence-electron chi connectivity index (χ1n) is 28.2. The van der Waals surface area contributed by atoms with Crippen LogP contribution in [0, 0.1) is 31.1 Å². The number of methoxy groups -OCH3 is 1. The van der Waals surface area contributed by atoms with Gasteiger partial charge in [0, 0.05) is 37.7 Å². The monoisotopic (exact) mass is 1140 g/mol. The van der Waals surface area contributed by atoms with Crippen LogP contribution in [0.15, 0.2) is 104 Å². The van der Waals surface area contributed by atoms with Crippen LogP contribution in [-0.4, -0.2) is 128 Å². The minimum absolute atomic E-state index is 0.00646. The smallest absolute Gasteiger partial charge is 0.416 e. The third-order valence-electron chi connectivity index (χ3n) is 16.2. The molecule has 0 bridgehead atoms. The second kappa shape index (κ2) is 25.4. The van der Waals surface area contributed by atoms with Crippen molar-refractivity contribution in [3.63, 3.8) is 0 Å². The van der Waals surface area contributed by atoms with E-state index < -0.39 is 48.3 Å². The second-order valence-electron chi connectivity index (χ2n) is 22.5. The van der Waals surface area contributed by atoms with Crippen molar-refractivity contribution >= 4 is 58.6 Å². The van der Waals surface area contributed by atoms with Crippen molar-refractivity contribution in [3.8, 4) is 17.2 Å². The SMILES string of the molecule is C=CCOC(=O)C[C@@H](C(=O)N[C@@H](C)C(=O)Cc1ccc(COC(=O)N2c3cc(OCCCOc4cc5c(cc4OC)C(=O)N4C=C(c6ccc(C)cc6)C[C@H]4CN5C(=O)OCC=C)c(C)cc3C(=O)N3CC4(CC4)C[C@H]3C2O)cc1)C(C)C. The third-order valence-corrected chi connectivity index (χ3v) is 16.2. The highest BCUT2D eigenvalue weighted by Gasteiger charge is 2.58. The number of esters is 1. The highest BCUT2D eigenvalue weighted by molar-refractivity contribution is 6.07. The summed E-state index contributed by atoms with van der Waals surface area (Å²) in [4.78, 5) is 101. The van der Waals surface area contributed by atoms with Gasteiger partial charge in [-0.1, -0.05) is 93.3 Å². The molecular weight excluding hydrogens is 1060 g/mol. The average Bonchev–Trinajstić information content (AvgIpc) is 1.95. The Labute approximate surface area is 483 Å². The molecule has 4 aliphatic heterocycles. The molecule has 5 amide bonds. The Morgan fingerprint density at radius 2 is 1.46 bits per heavy atom. The minimum atomic E-state index is -1.44. The van der Waals surface area contributed by atoms with E-state index in [1.807, 2.05) is 51.2 Å². The standard InChI is InChI=1S/C64H73N5O14/c1-9-22-81-57(71)30-47(38(3)4)58(72)65-41(7)53(70)27-42-14-16-43(17-15-42)36-83-63(77)69-51-32-54(40(6)26-48(51)60(74)68-37-64(20-21-64)33-52(68)61(69)75)79-24-11-25-80-56-31-50-49(29-55(56)78-8)59(73)66-34-45(44-18-12-39(5)13-19-44)28-46(66)35-67(50)62(76)82-23-10-2/h9-10,12-19,26,29,31-32,34,38,41,46-47,52,61,75H,1-2,11,20-25,27-28,30,33,35-37H2,3-8H3,(H,65,72)/t41-,46-,47+,52-,61?/m0/s1. The zero-order valence-electron chi connectivity index (χ0n) is 48.0. The summed E-state index contributed by atoms with van der Waals surface area (Å²) in [5.41, 5.74) is 5.76. The predicted molar refractivity (Wildman–Crippen MR) is 309 cm³/mol. The summed E-state index contributed by atoms with van der Waals surface area (Å²) in [6.45, 7) is 16.9. The first-order chi connectivity index (χ1) is 39.8. The number of aliphatic hydroxyl groups is 1. The summed E-state index contributed by atoms with van der Waals surface area (Å²) >= 11 is 0. The lowest BCUT2D eigenvalue weighted by atomic mass is 9.91. The number of fused-ring (bicyclic) bond motifs is 4. The predicted octanol–water partition coefficient (Wildman–Crippen LogP) is 9.04. The highest BCUT2D eigenvalue weighted by Crippen LogP contribution is 2.57. The van der Waals surface area contributed by atoms with E-state index >= 15 is 0 Å². The molecule has 4 heterocycles. The fourth-order valence-corrected chi connectivity index (χ4v) is 11.2. The van der Waals surface area contributed by atoms with Crippen molar-refractivity contribution in [2.75, 3.05) is 56.4 Å². The summed E-state index contributed by atoms with van der Waals surface area (Å²) < 4.78 is 34.9. The number of amides is 5. The Balaban J connectivity index is 0.859. The van der Waals surface area contributed by atoms with E-state index in [-0.39, 0.29) is 116 Å². The van der Waals surface area contributed by atoms with Crippen molar-refractivity contribution in [2.24, 2.45) is 17.3 Å². The van der Waals surface area contributed by atoms with Crippen molar-refractivity contribution in [2.45, 2.75) is 111 Å². The molecule has 19 heteroatoms. The van der Waals surface area contributed by atoms with E-state index in [4.69, 9.17) is 28.4 Å². The maximum atomic E-state index is 14.4. The first-order valence-corrected chi connectivity index (χ1v) is 28.2. The van der Waals surface area contributed by atoms with Crippen LogP contribution in [0.2, 0.25) is 0 Å². The molecule has 0 aromatic heterocycles. The number of aryl methyl sites for hydroxylation is 2. The number of Topliss-reactive ketones (excluding diaryl/α,β-unsaturated/α-hetero) is 1. The van der Waals surface area contributed by atoms with Crippen LogP contribution in [0.1, 0.15) is 108 Å². The number of nitrogens with zero attached hydrogens (tertiary/aromatic N) is 4. The number of anilines is 2. The molecule has 1 unspecified atom stereocenters. The van der Waals surface area contributed by atoms with Gasteiger partial charge in [-0.3, -0.25) is 28.9 Å². The van der Waals surface area contributed by atoms with Crippen LogP contribution < -0.4 is 29.3 Å². The lowest BCUT2D eigenvalue weighted by Gasteiger charge is -2.31. The second-order valence-corrected chi connectivity index (χ2v) is 22.5. The molecule has 4 aromatic rings. The summed E-state index contributed by atoms with van der Waals surface area (Å²) in [5, 5.41) is 14.9. The normalized spacial score (nSPS) is 19.0. The highest BCUT2D eigenvalue weighted by atomic mass is 16.6. The average molecular weight is 1140 g/mol. The Morgan fingerprint density at radius 3 is 2.13 bits per heavy atom. The number of nitrogens with one attached hydrogen (secondary N) is 1. The van der Waals surface area contributed by atoms with Crippen molar-refractivity contribution in [3.05, 3.63) is 143 Å². The summed E-state index contributed by atoms with van der Waals surface area (Å²) in [5.74, 6) is -1.75. The van der Waals surface area contributed by atoms with Crippen LogP contribution in [0.5, 0.6) is 17.2 Å². The van der Waals surface area contributed by atoms with Crippen molar-refractivity contribution in [1.29, 1.82) is 0 Å².